The number of benzene rings is 1. The number of aromatic nitrogens is 2. The van der Waals surface area contributed by atoms with Crippen LogP contribution < -0.4 is 0 Å². The number of sulfonamides is 1. The van der Waals surface area contributed by atoms with Crippen LogP contribution in [0.25, 0.3) is 0 Å². The van der Waals surface area contributed by atoms with Crippen LogP contribution in [0.4, 0.5) is 4.39 Å². The second kappa shape index (κ2) is 5.99. The van der Waals surface area contributed by atoms with Gasteiger partial charge in [0.05, 0.1) is 4.90 Å². The summed E-state index contributed by atoms with van der Waals surface area (Å²) in [4.78, 5) is 11.8. The summed E-state index contributed by atoms with van der Waals surface area (Å²) in [5, 5.41) is 13.6. The van der Waals surface area contributed by atoms with Crippen LogP contribution in [-0.4, -0.2) is 46.7 Å². The van der Waals surface area contributed by atoms with Crippen molar-refractivity contribution in [2.45, 2.75) is 23.3 Å². The largest absolute Gasteiger partial charge is 0.479 e. The maximum Gasteiger partial charge on any atom is 0.331 e. The first-order chi connectivity index (χ1) is 11.4. The van der Waals surface area contributed by atoms with E-state index in [1.165, 1.54) is 27.3 Å². The molecule has 0 unspecified atom stereocenters. The van der Waals surface area contributed by atoms with Gasteiger partial charge in [-0.1, -0.05) is 0 Å². The number of rotatable bonds is 4. The second-order valence-corrected chi connectivity index (χ2v) is 7.58. The Morgan fingerprint density at radius 3 is 2.33 bits per heavy atom. The molecule has 0 spiro atoms. The number of aliphatic carboxylic acids is 1. The Morgan fingerprint density at radius 1 is 1.21 bits per heavy atom. The summed E-state index contributed by atoms with van der Waals surface area (Å²) in [6.07, 6.45) is 3.26. The molecule has 3 rings (SSSR count). The Kier molecular flexibility index (Phi) is 4.14. The van der Waals surface area contributed by atoms with Gasteiger partial charge in [-0.25, -0.2) is 17.6 Å². The first kappa shape index (κ1) is 16.6. The lowest BCUT2D eigenvalue weighted by Crippen LogP contribution is -2.52. The lowest BCUT2D eigenvalue weighted by molar-refractivity contribution is -0.150. The smallest absolute Gasteiger partial charge is 0.331 e. The van der Waals surface area contributed by atoms with Gasteiger partial charge >= 0.3 is 5.97 Å². The van der Waals surface area contributed by atoms with Crippen molar-refractivity contribution in [3.63, 3.8) is 0 Å². The molecule has 7 nitrogen and oxygen atoms in total. The maximum absolute atomic E-state index is 13.0. The first-order valence-electron chi connectivity index (χ1n) is 7.35. The number of nitrogens with zero attached hydrogens (tertiary/aromatic N) is 3. The lowest BCUT2D eigenvalue weighted by Gasteiger charge is -2.38. The van der Waals surface area contributed by atoms with Gasteiger partial charge in [0.2, 0.25) is 10.0 Å². The van der Waals surface area contributed by atoms with Crippen molar-refractivity contribution in [3.8, 4) is 0 Å². The van der Waals surface area contributed by atoms with E-state index >= 15 is 0 Å². The SMILES string of the molecule is O=C(O)C1(n2cccn2)CCN(S(=O)(=O)c2ccc(F)cc2)CC1. The normalized spacial score (nSPS) is 18.4. The fraction of sp³-hybridized carbons (Fsp3) is 0.333. The fourth-order valence-corrected chi connectivity index (χ4v) is 4.36. The van der Waals surface area contributed by atoms with Gasteiger partial charge in [-0.15, -0.1) is 0 Å². The highest BCUT2D eigenvalue weighted by Gasteiger charge is 2.46. The third-order valence-electron chi connectivity index (χ3n) is 4.34. The molecule has 2 heterocycles. The van der Waals surface area contributed by atoms with Gasteiger partial charge in [0.15, 0.2) is 5.54 Å². The highest BCUT2D eigenvalue weighted by atomic mass is 32.2. The minimum Gasteiger partial charge on any atom is -0.479 e. The average molecular weight is 353 g/mol. The number of hydrogen-bond donors (Lipinski definition) is 1. The molecular formula is C15H16FN3O4S. The van der Waals surface area contributed by atoms with E-state index in [1.54, 1.807) is 12.3 Å². The topological polar surface area (TPSA) is 92.5 Å². The Bertz CT molecular complexity index is 826. The van der Waals surface area contributed by atoms with Crippen molar-refractivity contribution in [1.82, 2.24) is 14.1 Å². The van der Waals surface area contributed by atoms with Gasteiger partial charge in [-0.3, -0.25) is 4.68 Å². The van der Waals surface area contributed by atoms with Crippen LogP contribution in [0.1, 0.15) is 12.8 Å². The zero-order valence-electron chi connectivity index (χ0n) is 12.7. The molecule has 1 aromatic carbocycles. The molecule has 128 valence electrons. The van der Waals surface area contributed by atoms with Crippen LogP contribution in [0.2, 0.25) is 0 Å². The first-order valence-corrected chi connectivity index (χ1v) is 8.79. The highest BCUT2D eigenvalue weighted by molar-refractivity contribution is 7.89. The molecule has 1 saturated heterocycles. The summed E-state index contributed by atoms with van der Waals surface area (Å²) in [7, 11) is -3.78. The van der Waals surface area contributed by atoms with Crippen LogP contribution in [0.3, 0.4) is 0 Å². The van der Waals surface area contributed by atoms with Crippen molar-refractivity contribution in [2.24, 2.45) is 0 Å². The predicted molar refractivity (Wildman–Crippen MR) is 82.2 cm³/mol. The molecule has 0 amide bonds. The number of halogens is 1. The Hall–Kier alpha value is -2.26. The quantitative estimate of drug-likeness (QED) is 0.894. The van der Waals surface area contributed by atoms with E-state index in [9.17, 15) is 22.7 Å². The van der Waals surface area contributed by atoms with E-state index in [0.717, 1.165) is 12.1 Å². The number of carboxylic acids is 1. The van der Waals surface area contributed by atoms with Gasteiger partial charge in [0.1, 0.15) is 5.82 Å². The minimum absolute atomic E-state index is 0.00851. The molecule has 2 aromatic rings. The summed E-state index contributed by atoms with van der Waals surface area (Å²) in [6.45, 7) is 0.0950. The lowest BCUT2D eigenvalue weighted by atomic mass is 9.88. The third kappa shape index (κ3) is 2.69. The van der Waals surface area contributed by atoms with E-state index in [-0.39, 0.29) is 30.8 Å². The second-order valence-electron chi connectivity index (χ2n) is 5.65. The molecule has 9 heteroatoms. The van der Waals surface area contributed by atoms with Gasteiger partial charge in [-0.2, -0.15) is 9.40 Å². The zero-order valence-corrected chi connectivity index (χ0v) is 13.5. The van der Waals surface area contributed by atoms with Crippen LogP contribution >= 0.6 is 0 Å². The maximum atomic E-state index is 13.0. The molecule has 1 aliphatic heterocycles. The molecule has 0 atom stereocenters. The van der Waals surface area contributed by atoms with E-state index in [1.807, 2.05) is 0 Å². The molecule has 1 fully saturated rings. The van der Waals surface area contributed by atoms with Crippen molar-refractivity contribution < 1.29 is 22.7 Å². The third-order valence-corrected chi connectivity index (χ3v) is 6.25. The molecule has 0 saturated carbocycles. The molecule has 0 bridgehead atoms. The predicted octanol–water partition coefficient (Wildman–Crippen LogP) is 1.29. The van der Waals surface area contributed by atoms with Crippen LogP contribution in [0.15, 0.2) is 47.6 Å². The van der Waals surface area contributed by atoms with Crippen molar-refractivity contribution >= 4 is 16.0 Å². The zero-order chi connectivity index (χ0) is 17.4. The van der Waals surface area contributed by atoms with Crippen LogP contribution in [-0.2, 0) is 20.4 Å². The summed E-state index contributed by atoms with van der Waals surface area (Å²) in [6, 6.07) is 6.21. The van der Waals surface area contributed by atoms with Crippen molar-refractivity contribution in [2.75, 3.05) is 13.1 Å². The van der Waals surface area contributed by atoms with Gasteiger partial charge in [0, 0.05) is 25.5 Å². The summed E-state index contributed by atoms with van der Waals surface area (Å²) >= 11 is 0. The summed E-state index contributed by atoms with van der Waals surface area (Å²) < 4.78 is 40.8. The number of carboxylic acid groups (broad SMARTS) is 1. The number of piperidine rings is 1. The van der Waals surface area contributed by atoms with Gasteiger partial charge in [-0.05, 0) is 43.2 Å². The molecule has 0 aliphatic carbocycles. The van der Waals surface area contributed by atoms with Crippen molar-refractivity contribution in [1.29, 1.82) is 0 Å². The van der Waals surface area contributed by atoms with E-state index in [2.05, 4.69) is 5.10 Å². The summed E-state index contributed by atoms with van der Waals surface area (Å²) in [5.41, 5.74) is -1.25. The molecule has 1 aromatic heterocycles. The molecule has 0 radical (unpaired) electrons. The van der Waals surface area contributed by atoms with E-state index < -0.39 is 27.3 Å². The van der Waals surface area contributed by atoms with Gasteiger partial charge < -0.3 is 5.11 Å². The van der Waals surface area contributed by atoms with Crippen LogP contribution in [0, 0.1) is 5.82 Å². The van der Waals surface area contributed by atoms with E-state index in [4.69, 9.17) is 0 Å². The molecule has 1 aliphatic rings. The van der Waals surface area contributed by atoms with Crippen LogP contribution in [0.5, 0.6) is 0 Å². The van der Waals surface area contributed by atoms with E-state index in [0.29, 0.717) is 0 Å². The van der Waals surface area contributed by atoms with Gasteiger partial charge in [0.25, 0.3) is 0 Å². The van der Waals surface area contributed by atoms with Crippen molar-refractivity contribution in [3.05, 3.63) is 48.5 Å². The molecule has 1 N–H and O–H groups in total. The number of carbonyl (C=O) groups is 1. The summed E-state index contributed by atoms with van der Waals surface area (Å²) in [5.74, 6) is -1.55. The fourth-order valence-electron chi connectivity index (χ4n) is 2.92. The Labute approximate surface area is 138 Å². The molecule has 24 heavy (non-hydrogen) atoms. The number of hydrogen-bond acceptors (Lipinski definition) is 4. The Balaban J connectivity index is 1.84. The molecular weight excluding hydrogens is 337 g/mol. The monoisotopic (exact) mass is 353 g/mol. The Morgan fingerprint density at radius 2 is 1.83 bits per heavy atom. The average Bonchev–Trinajstić information content (AvgIpc) is 3.10. The minimum atomic E-state index is -3.78. The standard InChI is InChI=1S/C15H16FN3O4S/c16-12-2-4-13(5-3-12)24(22,23)18-10-6-15(7-11-18,14(20)21)19-9-1-8-17-19/h1-5,8-9H,6-7,10-11H2,(H,20,21). The highest BCUT2D eigenvalue weighted by Crippen LogP contribution is 2.32.